The van der Waals surface area contributed by atoms with Crippen molar-refractivity contribution in [2.75, 3.05) is 0 Å². The maximum absolute atomic E-state index is 12.0. The number of primary sulfonamides is 1. The number of hydrogen-bond donors (Lipinski definition) is 1. The van der Waals surface area contributed by atoms with E-state index in [0.29, 0.717) is 15.8 Å². The Balaban J connectivity index is 1.91. The molecule has 0 bridgehead atoms. The first kappa shape index (κ1) is 14.6. The number of nitrogens with zero attached hydrogens (tertiary/aromatic N) is 1. The quantitative estimate of drug-likeness (QED) is 0.584. The van der Waals surface area contributed by atoms with Crippen LogP contribution < -0.4 is 9.88 Å². The van der Waals surface area contributed by atoms with Crippen molar-refractivity contribution in [1.82, 2.24) is 4.98 Å². The lowest BCUT2D eigenvalue weighted by Crippen LogP contribution is -2.11. The smallest absolute Gasteiger partial charge is 0.343 e. The molecule has 1 heterocycles. The highest BCUT2D eigenvalue weighted by Gasteiger charge is 2.15. The van der Waals surface area contributed by atoms with E-state index in [2.05, 4.69) is 4.98 Å². The predicted octanol–water partition coefficient (Wildman–Crippen LogP) is 2.16. The van der Waals surface area contributed by atoms with Gasteiger partial charge < -0.3 is 4.74 Å². The Kier molecular flexibility index (Phi) is 3.65. The molecule has 112 valence electrons. The molecule has 0 aliphatic rings. The second kappa shape index (κ2) is 5.48. The van der Waals surface area contributed by atoms with Crippen molar-refractivity contribution in [3.8, 4) is 5.75 Å². The van der Waals surface area contributed by atoms with Gasteiger partial charge in [-0.15, -0.1) is 11.3 Å². The SMILES string of the molecule is NS(=O)(=O)c1nc2cc(OC(=O)c3ccccc3)ccc2s1. The fourth-order valence-corrected chi connectivity index (χ4v) is 3.45. The molecule has 0 saturated carbocycles. The molecule has 0 aliphatic heterocycles. The van der Waals surface area contributed by atoms with Crippen LogP contribution in [0.3, 0.4) is 0 Å². The van der Waals surface area contributed by atoms with Crippen molar-refractivity contribution in [3.63, 3.8) is 0 Å². The van der Waals surface area contributed by atoms with Crippen LogP contribution in [0.4, 0.5) is 0 Å². The minimum absolute atomic E-state index is 0.172. The topological polar surface area (TPSA) is 99.4 Å². The summed E-state index contributed by atoms with van der Waals surface area (Å²) in [5.74, 6) is -0.213. The van der Waals surface area contributed by atoms with Gasteiger partial charge in [0.2, 0.25) is 4.34 Å². The Hall–Kier alpha value is -2.29. The van der Waals surface area contributed by atoms with Gasteiger partial charge in [-0.1, -0.05) is 18.2 Å². The lowest BCUT2D eigenvalue weighted by molar-refractivity contribution is 0.0735. The van der Waals surface area contributed by atoms with Crippen molar-refractivity contribution in [2.24, 2.45) is 5.14 Å². The summed E-state index contributed by atoms with van der Waals surface area (Å²) >= 11 is 0.964. The molecule has 0 unspecified atom stereocenters. The highest BCUT2D eigenvalue weighted by atomic mass is 32.2. The normalized spacial score (nSPS) is 11.5. The van der Waals surface area contributed by atoms with Crippen LogP contribution >= 0.6 is 11.3 Å². The van der Waals surface area contributed by atoms with Gasteiger partial charge in [-0.2, -0.15) is 0 Å². The van der Waals surface area contributed by atoms with Crippen LogP contribution in [-0.2, 0) is 10.0 Å². The number of hydrogen-bond acceptors (Lipinski definition) is 6. The maximum Gasteiger partial charge on any atom is 0.343 e. The fourth-order valence-electron chi connectivity index (χ4n) is 1.81. The summed E-state index contributed by atoms with van der Waals surface area (Å²) in [6.07, 6.45) is 0. The van der Waals surface area contributed by atoms with Gasteiger partial charge in [0.05, 0.1) is 15.8 Å². The number of carbonyl (C=O) groups is 1. The molecule has 0 spiro atoms. The van der Waals surface area contributed by atoms with E-state index in [4.69, 9.17) is 9.88 Å². The van der Waals surface area contributed by atoms with Gasteiger partial charge in [0.15, 0.2) is 0 Å². The average molecular weight is 334 g/mol. The minimum Gasteiger partial charge on any atom is -0.423 e. The van der Waals surface area contributed by atoms with Gasteiger partial charge in [0, 0.05) is 6.07 Å². The number of esters is 1. The molecule has 22 heavy (non-hydrogen) atoms. The van der Waals surface area contributed by atoms with Gasteiger partial charge in [0.25, 0.3) is 10.0 Å². The molecule has 3 aromatic rings. The van der Waals surface area contributed by atoms with Crippen LogP contribution in [0.5, 0.6) is 5.75 Å². The fraction of sp³-hybridized carbons (Fsp3) is 0. The number of benzene rings is 2. The number of aromatic nitrogens is 1. The largest absolute Gasteiger partial charge is 0.423 e. The summed E-state index contributed by atoms with van der Waals surface area (Å²) in [6.45, 7) is 0. The third-order valence-corrected chi connectivity index (χ3v) is 5.16. The van der Waals surface area contributed by atoms with Crippen LogP contribution in [0.25, 0.3) is 10.2 Å². The number of carbonyl (C=O) groups excluding carboxylic acids is 1. The number of fused-ring (bicyclic) bond motifs is 1. The number of thiazole rings is 1. The predicted molar refractivity (Wildman–Crippen MR) is 82.4 cm³/mol. The third kappa shape index (κ3) is 2.98. The summed E-state index contributed by atoms with van der Waals surface area (Å²) in [5, 5.41) is 5.05. The summed E-state index contributed by atoms with van der Waals surface area (Å²) in [7, 11) is -3.84. The molecule has 3 rings (SSSR count). The van der Waals surface area contributed by atoms with Crippen LogP contribution in [0.1, 0.15) is 10.4 Å². The number of rotatable bonds is 3. The lowest BCUT2D eigenvalue weighted by Gasteiger charge is -2.03. The van der Waals surface area contributed by atoms with Crippen LogP contribution in [0.2, 0.25) is 0 Å². The zero-order valence-corrected chi connectivity index (χ0v) is 12.7. The van der Waals surface area contributed by atoms with Gasteiger partial charge in [-0.3, -0.25) is 0 Å². The van der Waals surface area contributed by atoms with E-state index in [0.717, 1.165) is 11.3 Å². The van der Waals surface area contributed by atoms with E-state index in [1.807, 2.05) is 0 Å². The highest BCUT2D eigenvalue weighted by molar-refractivity contribution is 7.91. The Morgan fingerprint density at radius 3 is 2.55 bits per heavy atom. The molecule has 1 aromatic heterocycles. The van der Waals surface area contributed by atoms with E-state index in [1.165, 1.54) is 6.07 Å². The second-order valence-corrected chi connectivity index (χ2v) is 7.18. The summed E-state index contributed by atoms with van der Waals surface area (Å²) < 4.78 is 28.3. The van der Waals surface area contributed by atoms with E-state index in [1.54, 1.807) is 42.5 Å². The Labute approximate surface area is 130 Å². The van der Waals surface area contributed by atoms with Crippen molar-refractivity contribution in [2.45, 2.75) is 4.34 Å². The summed E-state index contributed by atoms with van der Waals surface area (Å²) in [4.78, 5) is 15.9. The molecule has 0 fully saturated rings. The van der Waals surface area contributed by atoms with Crippen LogP contribution in [0, 0.1) is 0 Å². The molecule has 0 saturated heterocycles. The molecule has 6 nitrogen and oxygen atoms in total. The number of sulfonamides is 1. The third-order valence-electron chi connectivity index (χ3n) is 2.80. The molecule has 0 radical (unpaired) electrons. The van der Waals surface area contributed by atoms with Gasteiger partial charge in [0.1, 0.15) is 5.75 Å². The Morgan fingerprint density at radius 1 is 1.14 bits per heavy atom. The highest BCUT2D eigenvalue weighted by Crippen LogP contribution is 2.28. The Morgan fingerprint density at radius 2 is 1.86 bits per heavy atom. The van der Waals surface area contributed by atoms with Crippen molar-refractivity contribution in [1.29, 1.82) is 0 Å². The van der Waals surface area contributed by atoms with Gasteiger partial charge in [-0.05, 0) is 24.3 Å². The molecule has 0 aliphatic carbocycles. The minimum atomic E-state index is -3.84. The molecule has 2 N–H and O–H groups in total. The number of nitrogens with two attached hydrogens (primary N) is 1. The first-order valence-corrected chi connectivity index (χ1v) is 8.50. The van der Waals surface area contributed by atoms with Gasteiger partial charge in [-0.25, -0.2) is 23.3 Å². The second-order valence-electron chi connectivity index (χ2n) is 4.41. The molecular formula is C14H10N2O4S2. The monoisotopic (exact) mass is 334 g/mol. The molecule has 2 aromatic carbocycles. The molecule has 0 atom stereocenters. The first-order chi connectivity index (χ1) is 10.4. The molecule has 0 amide bonds. The lowest BCUT2D eigenvalue weighted by atomic mass is 10.2. The van der Waals surface area contributed by atoms with E-state index in [-0.39, 0.29) is 10.1 Å². The van der Waals surface area contributed by atoms with Crippen LogP contribution in [-0.4, -0.2) is 19.4 Å². The van der Waals surface area contributed by atoms with Crippen molar-refractivity contribution in [3.05, 3.63) is 54.1 Å². The maximum atomic E-state index is 12.0. The van der Waals surface area contributed by atoms with E-state index < -0.39 is 16.0 Å². The van der Waals surface area contributed by atoms with Gasteiger partial charge >= 0.3 is 5.97 Å². The van der Waals surface area contributed by atoms with E-state index in [9.17, 15) is 13.2 Å². The van der Waals surface area contributed by atoms with Crippen LogP contribution in [0.15, 0.2) is 52.9 Å². The average Bonchev–Trinajstić information content (AvgIpc) is 2.91. The van der Waals surface area contributed by atoms with Crippen molar-refractivity contribution < 1.29 is 17.9 Å². The summed E-state index contributed by atoms with van der Waals surface area (Å²) in [6, 6.07) is 13.3. The first-order valence-electron chi connectivity index (χ1n) is 6.14. The standard InChI is InChI=1S/C14H10N2O4S2/c15-22(18,19)14-16-11-8-10(6-7-12(11)21-14)20-13(17)9-4-2-1-3-5-9/h1-8H,(H2,15,18,19). The number of ether oxygens (including phenoxy) is 1. The zero-order valence-electron chi connectivity index (χ0n) is 11.1. The molecule has 8 heteroatoms. The zero-order chi connectivity index (χ0) is 15.7. The Bertz CT molecular complexity index is 949. The van der Waals surface area contributed by atoms with E-state index >= 15 is 0 Å². The van der Waals surface area contributed by atoms with Crippen molar-refractivity contribution >= 4 is 37.5 Å². The summed E-state index contributed by atoms with van der Waals surface area (Å²) in [5.41, 5.74) is 0.832. The molecular weight excluding hydrogens is 324 g/mol.